The van der Waals surface area contributed by atoms with Crippen LogP contribution in [0.4, 0.5) is 4.39 Å². The quantitative estimate of drug-likeness (QED) is 0.658. The molecule has 5 heteroatoms. The van der Waals surface area contributed by atoms with Gasteiger partial charge in [-0.05, 0) is 36.8 Å². The van der Waals surface area contributed by atoms with Crippen LogP contribution in [0.25, 0.3) is 22.3 Å². The summed E-state index contributed by atoms with van der Waals surface area (Å²) in [5.74, 6) is 0.164. The molecule has 0 bridgehead atoms. The molecule has 0 aliphatic heterocycles. The second kappa shape index (κ2) is 5.30. The fourth-order valence-corrected chi connectivity index (χ4v) is 2.56. The molecular weight excluding hydrogens is 291 g/mol. The number of fused-ring (bicyclic) bond motifs is 1. The van der Waals surface area contributed by atoms with Gasteiger partial charge in [0.15, 0.2) is 17.4 Å². The van der Waals surface area contributed by atoms with Crippen LogP contribution in [0.5, 0.6) is 5.75 Å². The Balaban J connectivity index is 2.22. The molecule has 0 atom stereocenters. The molecule has 1 heterocycles. The summed E-state index contributed by atoms with van der Waals surface area (Å²) in [6.07, 6.45) is 0. The van der Waals surface area contributed by atoms with E-state index >= 15 is 0 Å². The van der Waals surface area contributed by atoms with Crippen molar-refractivity contribution < 1.29 is 9.13 Å². The van der Waals surface area contributed by atoms with E-state index in [1.54, 1.807) is 12.1 Å². The van der Waals surface area contributed by atoms with E-state index in [4.69, 9.17) is 16.3 Å². The number of hydrogen-bond acceptors (Lipinski definition) is 3. The van der Waals surface area contributed by atoms with Crippen molar-refractivity contribution in [1.82, 2.24) is 9.97 Å². The second-order valence-corrected chi connectivity index (χ2v) is 5.01. The fourth-order valence-electron chi connectivity index (χ4n) is 2.23. The van der Waals surface area contributed by atoms with Crippen LogP contribution >= 0.6 is 11.6 Å². The summed E-state index contributed by atoms with van der Waals surface area (Å²) in [5.41, 5.74) is 2.42. The number of ether oxygens (including phenoxy) is 1. The first-order valence-electron chi connectivity index (χ1n) is 6.37. The maximum atomic E-state index is 13.5. The Bertz CT molecular complexity index is 836. The zero-order valence-electron chi connectivity index (χ0n) is 11.5. The highest BCUT2D eigenvalue weighted by Crippen LogP contribution is 2.29. The van der Waals surface area contributed by atoms with E-state index in [2.05, 4.69) is 9.97 Å². The van der Waals surface area contributed by atoms with Gasteiger partial charge in [0, 0.05) is 10.9 Å². The van der Waals surface area contributed by atoms with Gasteiger partial charge in [0.2, 0.25) is 0 Å². The number of hydrogen-bond donors (Lipinski definition) is 0. The summed E-state index contributed by atoms with van der Waals surface area (Å²) >= 11 is 6.27. The van der Waals surface area contributed by atoms with Crippen LogP contribution < -0.4 is 4.74 Å². The van der Waals surface area contributed by atoms with Gasteiger partial charge < -0.3 is 4.74 Å². The molecular formula is C16H12ClFN2O. The highest BCUT2D eigenvalue weighted by atomic mass is 35.5. The maximum Gasteiger partial charge on any atom is 0.165 e. The van der Waals surface area contributed by atoms with Crippen LogP contribution in [0.15, 0.2) is 36.4 Å². The number of aryl methyl sites for hydroxylation is 1. The Labute approximate surface area is 126 Å². The third kappa shape index (κ3) is 2.43. The third-order valence-corrected chi connectivity index (χ3v) is 3.57. The molecule has 0 spiro atoms. The van der Waals surface area contributed by atoms with Crippen LogP contribution in [0.1, 0.15) is 5.56 Å². The summed E-state index contributed by atoms with van der Waals surface area (Å²) < 4.78 is 18.5. The largest absolute Gasteiger partial charge is 0.494 e. The SMILES string of the molecule is COc1cc(-c2nc(Cl)c3c(C)cccc3n2)ccc1F. The van der Waals surface area contributed by atoms with Crippen molar-refractivity contribution in [2.45, 2.75) is 6.92 Å². The highest BCUT2D eigenvalue weighted by molar-refractivity contribution is 6.34. The van der Waals surface area contributed by atoms with Crippen LogP contribution in [0.3, 0.4) is 0 Å². The van der Waals surface area contributed by atoms with Gasteiger partial charge in [-0.3, -0.25) is 0 Å². The van der Waals surface area contributed by atoms with Crippen molar-refractivity contribution in [3.63, 3.8) is 0 Å². The van der Waals surface area contributed by atoms with Gasteiger partial charge in [-0.2, -0.15) is 0 Å². The number of benzene rings is 2. The summed E-state index contributed by atoms with van der Waals surface area (Å²) in [7, 11) is 1.42. The zero-order chi connectivity index (χ0) is 15.0. The highest BCUT2D eigenvalue weighted by Gasteiger charge is 2.12. The Morgan fingerprint density at radius 2 is 1.95 bits per heavy atom. The monoisotopic (exact) mass is 302 g/mol. The molecule has 3 rings (SSSR count). The molecule has 0 unspecified atom stereocenters. The molecule has 1 aromatic heterocycles. The number of methoxy groups -OCH3 is 1. The van der Waals surface area contributed by atoms with E-state index in [-0.39, 0.29) is 5.75 Å². The van der Waals surface area contributed by atoms with Gasteiger partial charge in [-0.25, -0.2) is 14.4 Å². The minimum Gasteiger partial charge on any atom is -0.494 e. The average molecular weight is 303 g/mol. The van der Waals surface area contributed by atoms with Gasteiger partial charge in [-0.15, -0.1) is 0 Å². The average Bonchev–Trinajstić information content (AvgIpc) is 2.47. The summed E-state index contributed by atoms with van der Waals surface area (Å²) in [4.78, 5) is 8.81. The van der Waals surface area contributed by atoms with E-state index < -0.39 is 5.82 Å². The molecule has 0 fully saturated rings. The smallest absolute Gasteiger partial charge is 0.165 e. The van der Waals surface area contributed by atoms with E-state index in [0.29, 0.717) is 16.5 Å². The van der Waals surface area contributed by atoms with Crippen LogP contribution in [-0.2, 0) is 0 Å². The van der Waals surface area contributed by atoms with E-state index in [1.165, 1.54) is 13.2 Å². The number of rotatable bonds is 2. The van der Waals surface area contributed by atoms with Crippen molar-refractivity contribution in [2.24, 2.45) is 0 Å². The lowest BCUT2D eigenvalue weighted by atomic mass is 10.1. The van der Waals surface area contributed by atoms with Crippen molar-refractivity contribution in [1.29, 1.82) is 0 Å². The van der Waals surface area contributed by atoms with E-state index in [0.717, 1.165) is 16.5 Å². The van der Waals surface area contributed by atoms with Crippen LogP contribution in [0.2, 0.25) is 5.15 Å². The first-order valence-corrected chi connectivity index (χ1v) is 6.74. The number of aromatic nitrogens is 2. The molecule has 0 aliphatic carbocycles. The Hall–Kier alpha value is -2.20. The number of halogens is 2. The van der Waals surface area contributed by atoms with Gasteiger partial charge in [0.1, 0.15) is 5.15 Å². The molecule has 0 saturated heterocycles. The summed E-state index contributed by atoms with van der Waals surface area (Å²) in [6, 6.07) is 10.2. The lowest BCUT2D eigenvalue weighted by Crippen LogP contribution is -1.95. The zero-order valence-corrected chi connectivity index (χ0v) is 12.3. The normalized spacial score (nSPS) is 10.9. The number of nitrogens with zero attached hydrogens (tertiary/aromatic N) is 2. The predicted molar refractivity (Wildman–Crippen MR) is 81.2 cm³/mol. The van der Waals surface area contributed by atoms with Crippen LogP contribution in [-0.4, -0.2) is 17.1 Å². The minimum absolute atomic E-state index is 0.150. The molecule has 3 aromatic rings. The summed E-state index contributed by atoms with van der Waals surface area (Å²) in [5, 5.41) is 1.22. The molecule has 106 valence electrons. The molecule has 21 heavy (non-hydrogen) atoms. The van der Waals surface area contributed by atoms with Crippen molar-refractivity contribution in [3.8, 4) is 17.1 Å². The van der Waals surface area contributed by atoms with Gasteiger partial charge in [0.25, 0.3) is 0 Å². The van der Waals surface area contributed by atoms with E-state index in [1.807, 2.05) is 25.1 Å². The lowest BCUT2D eigenvalue weighted by Gasteiger charge is -2.08. The maximum absolute atomic E-state index is 13.5. The molecule has 3 nitrogen and oxygen atoms in total. The first kappa shape index (κ1) is 13.8. The van der Waals surface area contributed by atoms with Crippen LogP contribution in [0, 0.1) is 12.7 Å². The fraction of sp³-hybridized carbons (Fsp3) is 0.125. The Morgan fingerprint density at radius 3 is 2.71 bits per heavy atom. The molecule has 0 saturated carbocycles. The molecule has 0 N–H and O–H groups in total. The molecule has 0 amide bonds. The Kier molecular flexibility index (Phi) is 3.47. The third-order valence-electron chi connectivity index (χ3n) is 3.30. The second-order valence-electron chi connectivity index (χ2n) is 4.66. The van der Waals surface area contributed by atoms with Gasteiger partial charge in [-0.1, -0.05) is 23.7 Å². The predicted octanol–water partition coefficient (Wildman–Crippen LogP) is 4.41. The van der Waals surface area contributed by atoms with Crippen molar-refractivity contribution >= 4 is 22.5 Å². The van der Waals surface area contributed by atoms with Crippen molar-refractivity contribution in [3.05, 3.63) is 52.9 Å². The standard InChI is InChI=1S/C16H12ClFN2O/c1-9-4-3-5-12-14(9)15(17)20-16(19-12)10-6-7-11(18)13(8-10)21-2/h3-8H,1-2H3. The lowest BCUT2D eigenvalue weighted by molar-refractivity contribution is 0.387. The van der Waals surface area contributed by atoms with Gasteiger partial charge in [0.05, 0.1) is 12.6 Å². The summed E-state index contributed by atoms with van der Waals surface area (Å²) in [6.45, 7) is 1.96. The van der Waals surface area contributed by atoms with Gasteiger partial charge >= 0.3 is 0 Å². The topological polar surface area (TPSA) is 35.0 Å². The molecule has 0 aliphatic rings. The van der Waals surface area contributed by atoms with E-state index in [9.17, 15) is 4.39 Å². The molecule has 0 radical (unpaired) electrons. The first-order chi connectivity index (χ1) is 10.1. The minimum atomic E-state index is -0.427. The Morgan fingerprint density at radius 1 is 1.14 bits per heavy atom. The molecule has 2 aromatic carbocycles. The van der Waals surface area contributed by atoms with Crippen molar-refractivity contribution in [2.75, 3.05) is 7.11 Å².